The molecule has 0 spiro atoms. The van der Waals surface area contributed by atoms with Crippen molar-refractivity contribution >= 4 is 5.97 Å². The topological polar surface area (TPSA) is 40.5 Å². The Morgan fingerprint density at radius 3 is 2.00 bits per heavy atom. The van der Waals surface area contributed by atoms with Crippen LogP contribution in [-0.4, -0.2) is 35.1 Å². The SMILES string of the molecule is C1CCC(N2CCCCC2)CC1.O=C(O)c1ccccc1. The molecule has 116 valence electrons. The van der Waals surface area contributed by atoms with E-state index in [2.05, 4.69) is 4.90 Å². The van der Waals surface area contributed by atoms with Crippen LogP contribution in [0.15, 0.2) is 30.3 Å². The van der Waals surface area contributed by atoms with Gasteiger partial charge in [-0.3, -0.25) is 0 Å². The fourth-order valence-electron chi connectivity index (χ4n) is 3.31. The molecule has 3 nitrogen and oxygen atoms in total. The Hall–Kier alpha value is -1.35. The van der Waals surface area contributed by atoms with Gasteiger partial charge in [0.05, 0.1) is 5.56 Å². The third-order valence-corrected chi connectivity index (χ3v) is 4.50. The van der Waals surface area contributed by atoms with Crippen LogP contribution in [0.3, 0.4) is 0 Å². The normalized spacial score (nSPS) is 20.4. The van der Waals surface area contributed by atoms with Gasteiger partial charge in [0.2, 0.25) is 0 Å². The molecule has 1 saturated heterocycles. The fraction of sp³-hybridized carbons (Fsp3) is 0.611. The molecule has 1 saturated carbocycles. The zero-order valence-electron chi connectivity index (χ0n) is 12.8. The van der Waals surface area contributed by atoms with Gasteiger partial charge in [-0.2, -0.15) is 0 Å². The number of hydrogen-bond donors (Lipinski definition) is 1. The van der Waals surface area contributed by atoms with Crippen LogP contribution in [0.4, 0.5) is 0 Å². The Morgan fingerprint density at radius 1 is 0.905 bits per heavy atom. The third kappa shape index (κ3) is 5.50. The van der Waals surface area contributed by atoms with Crippen molar-refractivity contribution in [2.75, 3.05) is 13.1 Å². The lowest BCUT2D eigenvalue weighted by molar-refractivity contribution is 0.0697. The second kappa shape index (κ2) is 8.83. The first-order chi connectivity index (χ1) is 10.3. The number of likely N-dealkylation sites (tertiary alicyclic amines) is 1. The number of hydrogen-bond acceptors (Lipinski definition) is 2. The summed E-state index contributed by atoms with van der Waals surface area (Å²) < 4.78 is 0. The second-order valence-electron chi connectivity index (χ2n) is 6.06. The lowest BCUT2D eigenvalue weighted by Crippen LogP contribution is -2.40. The van der Waals surface area contributed by atoms with Crippen molar-refractivity contribution in [3.8, 4) is 0 Å². The van der Waals surface area contributed by atoms with Gasteiger partial charge < -0.3 is 10.0 Å². The van der Waals surface area contributed by atoms with E-state index in [4.69, 9.17) is 5.11 Å². The van der Waals surface area contributed by atoms with Gasteiger partial charge in [0.1, 0.15) is 0 Å². The molecular weight excluding hydrogens is 262 g/mol. The number of carboxylic acids is 1. The molecule has 1 aromatic rings. The Balaban J connectivity index is 0.000000161. The Bertz CT molecular complexity index is 390. The van der Waals surface area contributed by atoms with Gasteiger partial charge in [0, 0.05) is 6.04 Å². The zero-order valence-corrected chi connectivity index (χ0v) is 12.8. The molecular formula is C18H27NO2. The van der Waals surface area contributed by atoms with Gasteiger partial charge >= 0.3 is 5.97 Å². The van der Waals surface area contributed by atoms with Gasteiger partial charge in [-0.15, -0.1) is 0 Å². The summed E-state index contributed by atoms with van der Waals surface area (Å²) in [5.74, 6) is -0.879. The molecule has 0 bridgehead atoms. The zero-order chi connectivity index (χ0) is 14.9. The molecule has 2 aliphatic rings. The van der Waals surface area contributed by atoms with Crippen LogP contribution in [-0.2, 0) is 0 Å². The van der Waals surface area contributed by atoms with Crippen molar-refractivity contribution < 1.29 is 9.90 Å². The van der Waals surface area contributed by atoms with Gasteiger partial charge in [0.25, 0.3) is 0 Å². The summed E-state index contributed by atoms with van der Waals surface area (Å²) in [6.07, 6.45) is 11.8. The van der Waals surface area contributed by atoms with E-state index in [1.165, 1.54) is 64.5 Å². The van der Waals surface area contributed by atoms with Crippen LogP contribution < -0.4 is 0 Å². The van der Waals surface area contributed by atoms with Crippen molar-refractivity contribution in [1.82, 2.24) is 4.90 Å². The average Bonchev–Trinajstić information content (AvgIpc) is 2.58. The highest BCUT2D eigenvalue weighted by Gasteiger charge is 2.21. The number of carbonyl (C=O) groups is 1. The van der Waals surface area contributed by atoms with Crippen molar-refractivity contribution in [3.63, 3.8) is 0 Å². The summed E-state index contributed by atoms with van der Waals surface area (Å²) in [4.78, 5) is 13.0. The van der Waals surface area contributed by atoms with E-state index in [1.54, 1.807) is 30.3 Å². The Kier molecular flexibility index (Phi) is 6.74. The summed E-state index contributed by atoms with van der Waals surface area (Å²) in [5.41, 5.74) is 0.331. The predicted octanol–water partition coefficient (Wildman–Crippen LogP) is 4.19. The minimum atomic E-state index is -0.879. The van der Waals surface area contributed by atoms with E-state index in [0.29, 0.717) is 5.56 Å². The van der Waals surface area contributed by atoms with Crippen LogP contribution in [0.5, 0.6) is 0 Å². The molecule has 3 heteroatoms. The maximum absolute atomic E-state index is 10.2. The summed E-state index contributed by atoms with van der Waals surface area (Å²) in [5, 5.41) is 8.38. The molecule has 0 aromatic heterocycles. The smallest absolute Gasteiger partial charge is 0.335 e. The molecule has 1 aromatic carbocycles. The van der Waals surface area contributed by atoms with Crippen LogP contribution in [0.25, 0.3) is 0 Å². The van der Waals surface area contributed by atoms with E-state index >= 15 is 0 Å². The van der Waals surface area contributed by atoms with Crippen molar-refractivity contribution in [2.45, 2.75) is 57.4 Å². The number of aromatic carboxylic acids is 1. The molecule has 1 heterocycles. The molecule has 1 aliphatic heterocycles. The summed E-state index contributed by atoms with van der Waals surface area (Å²) >= 11 is 0. The lowest BCUT2D eigenvalue weighted by atomic mass is 9.93. The van der Waals surface area contributed by atoms with E-state index < -0.39 is 5.97 Å². The maximum atomic E-state index is 10.2. The van der Waals surface area contributed by atoms with E-state index in [-0.39, 0.29) is 0 Å². The largest absolute Gasteiger partial charge is 0.478 e. The average molecular weight is 289 g/mol. The van der Waals surface area contributed by atoms with Crippen LogP contribution in [0.1, 0.15) is 61.7 Å². The molecule has 21 heavy (non-hydrogen) atoms. The maximum Gasteiger partial charge on any atom is 0.335 e. The minimum absolute atomic E-state index is 0.331. The molecule has 0 unspecified atom stereocenters. The van der Waals surface area contributed by atoms with Gasteiger partial charge in [-0.1, -0.05) is 43.9 Å². The lowest BCUT2D eigenvalue weighted by Gasteiger charge is -2.36. The molecule has 0 amide bonds. The highest BCUT2D eigenvalue weighted by Crippen LogP contribution is 2.24. The summed E-state index contributed by atoms with van der Waals surface area (Å²) in [6, 6.07) is 9.27. The van der Waals surface area contributed by atoms with Gasteiger partial charge in [-0.25, -0.2) is 4.79 Å². The predicted molar refractivity (Wildman–Crippen MR) is 85.7 cm³/mol. The highest BCUT2D eigenvalue weighted by atomic mass is 16.4. The van der Waals surface area contributed by atoms with Crippen molar-refractivity contribution in [2.24, 2.45) is 0 Å². The molecule has 2 fully saturated rings. The monoisotopic (exact) mass is 289 g/mol. The van der Waals surface area contributed by atoms with Crippen LogP contribution in [0.2, 0.25) is 0 Å². The molecule has 1 aliphatic carbocycles. The van der Waals surface area contributed by atoms with Crippen LogP contribution in [0, 0.1) is 0 Å². The number of piperidine rings is 1. The molecule has 0 radical (unpaired) electrons. The van der Waals surface area contributed by atoms with Crippen LogP contribution >= 0.6 is 0 Å². The number of benzene rings is 1. The van der Waals surface area contributed by atoms with Crippen molar-refractivity contribution in [1.29, 1.82) is 0 Å². The van der Waals surface area contributed by atoms with E-state index in [1.807, 2.05) is 0 Å². The highest BCUT2D eigenvalue weighted by molar-refractivity contribution is 5.87. The van der Waals surface area contributed by atoms with E-state index in [0.717, 1.165) is 6.04 Å². The summed E-state index contributed by atoms with van der Waals surface area (Å²) in [6.45, 7) is 2.79. The summed E-state index contributed by atoms with van der Waals surface area (Å²) in [7, 11) is 0. The first-order valence-electron chi connectivity index (χ1n) is 8.30. The third-order valence-electron chi connectivity index (χ3n) is 4.50. The number of carboxylic acid groups (broad SMARTS) is 1. The molecule has 3 rings (SSSR count). The molecule has 0 atom stereocenters. The Labute approximate surface area is 128 Å². The number of nitrogens with zero attached hydrogens (tertiary/aromatic N) is 1. The fourth-order valence-corrected chi connectivity index (χ4v) is 3.31. The first-order valence-corrected chi connectivity index (χ1v) is 8.30. The van der Waals surface area contributed by atoms with E-state index in [9.17, 15) is 4.79 Å². The van der Waals surface area contributed by atoms with Crippen molar-refractivity contribution in [3.05, 3.63) is 35.9 Å². The molecule has 1 N–H and O–H groups in total. The second-order valence-corrected chi connectivity index (χ2v) is 6.06. The van der Waals surface area contributed by atoms with Gasteiger partial charge in [-0.05, 0) is 50.9 Å². The number of rotatable bonds is 2. The van der Waals surface area contributed by atoms with Gasteiger partial charge in [0.15, 0.2) is 0 Å². The quantitative estimate of drug-likeness (QED) is 0.887. The first kappa shape index (κ1) is 16.0. The minimum Gasteiger partial charge on any atom is -0.478 e. The standard InChI is InChI=1S/C11H21N.C7H6O2/c1-3-7-11(8-4-1)12-9-5-2-6-10-12;8-7(9)6-4-2-1-3-5-6/h11H,1-10H2;1-5H,(H,8,9). The Morgan fingerprint density at radius 2 is 1.48 bits per heavy atom.